The minimum absolute atomic E-state index is 0. The van der Waals surface area contributed by atoms with Crippen LogP contribution in [0.1, 0.15) is 374 Å². The van der Waals surface area contributed by atoms with E-state index in [1.54, 1.807) is 0 Å². The molecule has 0 aliphatic carbocycles. The van der Waals surface area contributed by atoms with Gasteiger partial charge in [0.1, 0.15) is 12.2 Å². The Hall–Kier alpha value is -0.860. The van der Waals surface area contributed by atoms with Crippen LogP contribution in [0, 0.1) is 0 Å². The Bertz CT molecular complexity index is 1050. The van der Waals surface area contributed by atoms with E-state index in [-0.39, 0.29) is 74.7 Å². The van der Waals surface area contributed by atoms with Gasteiger partial charge in [-0.25, -0.2) is 0 Å². The fourth-order valence-corrected chi connectivity index (χ4v) is 9.88. The number of hydrogen-bond donors (Lipinski definition) is 0. The van der Waals surface area contributed by atoms with Crippen LogP contribution >= 0.6 is 0 Å². The topological polar surface area (TPSA) is 133 Å². The second-order valence-corrected chi connectivity index (χ2v) is 22.0. The number of unbranched alkanes of at least 4 members (excludes halogenated alkanes) is 40. The molecule has 0 rings (SSSR count). The summed E-state index contributed by atoms with van der Waals surface area (Å²) >= 11 is 0. The SMILES string of the molecule is CCCCCCCCCCCCCC(=O)OC(CCCCCCCCCC)CCCCCCC(=O)[O-].CCCCCCCCCCCCCC(=O)OC(CCCCCCCCCC)CCCCCCC(=O)[O-].[Ca+2]. The third-order valence-electron chi connectivity index (χ3n) is 14.6. The number of ether oxygens (including phenoxy) is 2. The van der Waals surface area contributed by atoms with Crippen LogP contribution in [-0.2, 0) is 28.7 Å². The van der Waals surface area contributed by atoms with Gasteiger partial charge in [0.05, 0.1) is 0 Å². The van der Waals surface area contributed by atoms with Crippen LogP contribution in [0.4, 0.5) is 0 Å². The number of carboxylic acid groups (broad SMARTS) is 2. The van der Waals surface area contributed by atoms with Gasteiger partial charge in [-0.1, -0.05) is 272 Å². The summed E-state index contributed by atoms with van der Waals surface area (Å²) in [5.41, 5.74) is 0. The molecular formula is C64H122CaO8. The van der Waals surface area contributed by atoms with Gasteiger partial charge in [-0.3, -0.25) is 9.59 Å². The van der Waals surface area contributed by atoms with Crippen molar-refractivity contribution in [1.29, 1.82) is 0 Å². The zero-order chi connectivity index (χ0) is 53.1. The molecular weight excluding hydrogens is 937 g/mol. The molecule has 0 aliphatic heterocycles. The first kappa shape index (κ1) is 76.4. The van der Waals surface area contributed by atoms with Gasteiger partial charge in [0.25, 0.3) is 0 Å². The first-order chi connectivity index (χ1) is 35.2. The van der Waals surface area contributed by atoms with Crippen molar-refractivity contribution >= 4 is 61.6 Å². The van der Waals surface area contributed by atoms with Gasteiger partial charge < -0.3 is 29.3 Å². The molecule has 2 atom stereocenters. The molecule has 0 spiro atoms. The van der Waals surface area contributed by atoms with E-state index in [0.717, 1.165) is 103 Å². The van der Waals surface area contributed by atoms with Crippen LogP contribution in [0.5, 0.6) is 0 Å². The Morgan fingerprint density at radius 1 is 0.260 bits per heavy atom. The van der Waals surface area contributed by atoms with Gasteiger partial charge in [-0.2, -0.15) is 0 Å². The standard InChI is InChI=1S/2C32H62O4.Ca/c2*1-3-5-7-9-11-13-14-15-17-19-25-29-32(35)36-30(27-23-20-21-24-28-31(33)34)26-22-18-16-12-10-8-6-4-2;/h2*30H,3-29H2,1-2H3,(H,33,34);/q;;+2/p-2. The number of hydrogen-bond acceptors (Lipinski definition) is 8. The van der Waals surface area contributed by atoms with Crippen LogP contribution in [0.25, 0.3) is 0 Å². The van der Waals surface area contributed by atoms with Crippen LogP contribution in [0.2, 0.25) is 0 Å². The van der Waals surface area contributed by atoms with E-state index in [0.29, 0.717) is 25.7 Å². The molecule has 73 heavy (non-hydrogen) atoms. The molecule has 0 saturated carbocycles. The zero-order valence-corrected chi connectivity index (χ0v) is 51.5. The molecule has 0 aliphatic rings. The molecule has 0 bridgehead atoms. The molecule has 8 nitrogen and oxygen atoms in total. The summed E-state index contributed by atoms with van der Waals surface area (Å²) in [6.45, 7) is 9.03. The van der Waals surface area contributed by atoms with Crippen LogP contribution in [-0.4, -0.2) is 73.8 Å². The largest absolute Gasteiger partial charge is 2.00 e. The molecule has 9 heteroatoms. The monoisotopic (exact) mass is 1060 g/mol. The third kappa shape index (κ3) is 67.2. The van der Waals surface area contributed by atoms with E-state index in [9.17, 15) is 29.4 Å². The molecule has 0 aromatic carbocycles. The molecule has 0 radical (unpaired) electrons. The summed E-state index contributed by atoms with van der Waals surface area (Å²) in [5, 5.41) is 21.1. The first-order valence-corrected chi connectivity index (χ1v) is 32.0. The van der Waals surface area contributed by atoms with Gasteiger partial charge >= 0.3 is 49.7 Å². The summed E-state index contributed by atoms with van der Waals surface area (Å²) in [6.07, 6.45) is 61.3. The Balaban J connectivity index is -0.00000132. The Kier molecular flexibility index (Phi) is 68.4. The van der Waals surface area contributed by atoms with Gasteiger partial charge in [0.2, 0.25) is 0 Å². The van der Waals surface area contributed by atoms with Crippen molar-refractivity contribution in [2.45, 2.75) is 387 Å². The maximum atomic E-state index is 12.5. The van der Waals surface area contributed by atoms with Crippen molar-refractivity contribution in [3.8, 4) is 0 Å². The number of aliphatic carboxylic acids is 2. The minimum atomic E-state index is -0.959. The predicted molar refractivity (Wildman–Crippen MR) is 308 cm³/mol. The van der Waals surface area contributed by atoms with Gasteiger partial charge in [-0.05, 0) is 89.9 Å². The average molecular weight is 1060 g/mol. The van der Waals surface area contributed by atoms with Crippen molar-refractivity contribution in [1.82, 2.24) is 0 Å². The maximum absolute atomic E-state index is 12.5. The van der Waals surface area contributed by atoms with E-state index < -0.39 is 11.9 Å². The fraction of sp³-hybridized carbons (Fsp3) is 0.938. The summed E-state index contributed by atoms with van der Waals surface area (Å²) in [4.78, 5) is 46.0. The molecule has 0 saturated heterocycles. The quantitative estimate of drug-likeness (QED) is 0.0334. The average Bonchev–Trinajstić information content (AvgIpc) is 3.35. The number of carboxylic acids is 2. The molecule has 0 aromatic rings. The van der Waals surface area contributed by atoms with E-state index in [2.05, 4.69) is 27.7 Å². The molecule has 428 valence electrons. The second-order valence-electron chi connectivity index (χ2n) is 22.0. The van der Waals surface area contributed by atoms with Crippen LogP contribution in [0.3, 0.4) is 0 Å². The van der Waals surface area contributed by atoms with Gasteiger partial charge in [0, 0.05) is 24.8 Å². The third-order valence-corrected chi connectivity index (χ3v) is 14.6. The van der Waals surface area contributed by atoms with Crippen molar-refractivity contribution in [3.05, 3.63) is 0 Å². The van der Waals surface area contributed by atoms with E-state index in [1.165, 1.54) is 205 Å². The normalized spacial score (nSPS) is 11.9. The number of esters is 2. The first-order valence-electron chi connectivity index (χ1n) is 32.0. The van der Waals surface area contributed by atoms with Gasteiger partial charge in [0.15, 0.2) is 0 Å². The summed E-state index contributed by atoms with van der Waals surface area (Å²) in [6, 6.07) is 0. The molecule has 0 amide bonds. The van der Waals surface area contributed by atoms with Crippen molar-refractivity contribution < 1.29 is 38.9 Å². The Labute approximate surface area is 483 Å². The minimum Gasteiger partial charge on any atom is -0.550 e. The van der Waals surface area contributed by atoms with E-state index in [1.807, 2.05) is 0 Å². The fourth-order valence-electron chi connectivity index (χ4n) is 9.88. The van der Waals surface area contributed by atoms with E-state index in [4.69, 9.17) is 9.47 Å². The number of carbonyl (C=O) groups excluding carboxylic acids is 4. The number of carbonyl (C=O) groups is 4. The zero-order valence-electron chi connectivity index (χ0n) is 49.3. The van der Waals surface area contributed by atoms with Crippen molar-refractivity contribution in [3.63, 3.8) is 0 Å². The summed E-state index contributed by atoms with van der Waals surface area (Å²) in [7, 11) is 0. The van der Waals surface area contributed by atoms with Crippen molar-refractivity contribution in [2.24, 2.45) is 0 Å². The van der Waals surface area contributed by atoms with Crippen LogP contribution < -0.4 is 10.2 Å². The van der Waals surface area contributed by atoms with E-state index >= 15 is 0 Å². The molecule has 0 aromatic heterocycles. The predicted octanol–water partition coefficient (Wildman–Crippen LogP) is 18.1. The molecule has 0 heterocycles. The molecule has 0 fully saturated rings. The number of rotatable bonds is 58. The summed E-state index contributed by atoms with van der Waals surface area (Å²) in [5.74, 6) is -1.96. The van der Waals surface area contributed by atoms with Gasteiger partial charge in [-0.15, -0.1) is 0 Å². The maximum Gasteiger partial charge on any atom is 2.00 e. The summed E-state index contributed by atoms with van der Waals surface area (Å²) < 4.78 is 11.8. The van der Waals surface area contributed by atoms with Crippen LogP contribution in [0.15, 0.2) is 0 Å². The molecule has 0 N–H and O–H groups in total. The van der Waals surface area contributed by atoms with Crippen molar-refractivity contribution in [2.75, 3.05) is 0 Å². The Morgan fingerprint density at radius 3 is 0.616 bits per heavy atom. The smallest absolute Gasteiger partial charge is 0.550 e. The molecule has 2 unspecified atom stereocenters. The second kappa shape index (κ2) is 65.4. The Morgan fingerprint density at radius 2 is 0.425 bits per heavy atom.